The number of morpholine rings is 1. The first-order chi connectivity index (χ1) is 5.56. The average molecular weight is 233 g/mol. The van der Waals surface area contributed by atoms with E-state index in [9.17, 15) is 8.42 Å². The molecule has 0 aliphatic carbocycles. The van der Waals surface area contributed by atoms with E-state index in [0.29, 0.717) is 0 Å². The van der Waals surface area contributed by atoms with E-state index in [0.717, 1.165) is 26.3 Å². The molecule has 74 valence electrons. The smallest absolute Gasteiger partial charge is 0.329 e. The maximum absolute atomic E-state index is 9.44. The lowest BCUT2D eigenvalue weighted by Crippen LogP contribution is -2.30. The standard InChI is InChI=1S/C4H9NO.H2O3S3/c1-3-6-4-2-5-1;1-6(2,3)5-4/h5H,1-4H2;4H,(H,1,2,3). The molecule has 0 atom stereocenters. The molecule has 1 saturated heterocycles. The number of rotatable bonds is 1. The van der Waals surface area contributed by atoms with Crippen LogP contribution >= 0.6 is 21.5 Å². The van der Waals surface area contributed by atoms with Gasteiger partial charge in [0.25, 0.3) is 0 Å². The molecule has 0 aromatic rings. The van der Waals surface area contributed by atoms with Gasteiger partial charge in [-0.05, 0) is 0 Å². The minimum Gasteiger partial charge on any atom is -0.379 e. The van der Waals surface area contributed by atoms with Crippen LogP contribution in [0, 0.1) is 0 Å². The van der Waals surface area contributed by atoms with Gasteiger partial charge < -0.3 is 10.1 Å². The van der Waals surface area contributed by atoms with Gasteiger partial charge in [0.1, 0.15) is 0 Å². The number of hydrogen-bond donors (Lipinski definition) is 3. The average Bonchev–Trinajstić information content (AvgIpc) is 2.07. The molecule has 0 unspecified atom stereocenters. The normalized spacial score (nSPS) is 17.8. The van der Waals surface area contributed by atoms with Crippen LogP contribution in [0.1, 0.15) is 0 Å². The van der Waals surface area contributed by atoms with E-state index in [1.165, 1.54) is 0 Å². The fraction of sp³-hybridized carbons (Fsp3) is 1.00. The molecular formula is C4H11NO4S3. The van der Waals surface area contributed by atoms with Gasteiger partial charge in [0.15, 0.2) is 0 Å². The van der Waals surface area contributed by atoms with Gasteiger partial charge in [-0.15, -0.1) is 0 Å². The van der Waals surface area contributed by atoms with Crippen molar-refractivity contribution in [2.45, 2.75) is 0 Å². The molecule has 0 amide bonds. The summed E-state index contributed by atoms with van der Waals surface area (Å²) in [5.41, 5.74) is 0. The Hall–Kier alpha value is 0.530. The summed E-state index contributed by atoms with van der Waals surface area (Å²) >= 11 is 3.18. The minimum absolute atomic E-state index is 0.104. The van der Waals surface area contributed by atoms with Crippen molar-refractivity contribution in [2.75, 3.05) is 26.3 Å². The maximum Gasteiger partial charge on any atom is 0.329 e. The number of nitrogens with one attached hydrogen (secondary N) is 1. The van der Waals surface area contributed by atoms with Crippen LogP contribution in [0.25, 0.3) is 0 Å². The first-order valence-corrected chi connectivity index (χ1v) is 6.98. The van der Waals surface area contributed by atoms with Crippen molar-refractivity contribution in [3.05, 3.63) is 0 Å². The summed E-state index contributed by atoms with van der Waals surface area (Å²) in [5, 5.41) is 3.16. The van der Waals surface area contributed by atoms with Crippen molar-refractivity contribution < 1.29 is 17.7 Å². The summed E-state index contributed by atoms with van der Waals surface area (Å²) in [5.74, 6) is 0. The monoisotopic (exact) mass is 233 g/mol. The summed E-state index contributed by atoms with van der Waals surface area (Å²) in [4.78, 5) is 0. The zero-order valence-electron chi connectivity index (χ0n) is 6.26. The molecular weight excluding hydrogens is 222 g/mol. The lowest BCUT2D eigenvalue weighted by molar-refractivity contribution is 0.109. The highest BCUT2D eigenvalue weighted by Gasteiger charge is 1.96. The Kier molecular flexibility index (Phi) is 7.29. The van der Waals surface area contributed by atoms with E-state index in [-0.39, 0.29) is 9.83 Å². The summed E-state index contributed by atoms with van der Waals surface area (Å²) in [6.07, 6.45) is 0. The van der Waals surface area contributed by atoms with Gasteiger partial charge in [-0.25, -0.2) is 0 Å². The van der Waals surface area contributed by atoms with Crippen LogP contribution < -0.4 is 5.32 Å². The first kappa shape index (κ1) is 12.5. The summed E-state index contributed by atoms with van der Waals surface area (Å²) in [6.45, 7) is 3.83. The SMILES string of the molecule is C1COCCN1.O=S(=O)(O)SS. The second-order valence-corrected chi connectivity index (χ2v) is 5.92. The molecule has 0 aromatic heterocycles. The molecule has 1 heterocycles. The zero-order valence-corrected chi connectivity index (χ0v) is 8.79. The van der Waals surface area contributed by atoms with Gasteiger partial charge in [-0.2, -0.15) is 8.42 Å². The van der Waals surface area contributed by atoms with Crippen molar-refractivity contribution in [1.82, 2.24) is 5.32 Å². The van der Waals surface area contributed by atoms with Gasteiger partial charge in [0.05, 0.1) is 23.0 Å². The summed E-state index contributed by atoms with van der Waals surface area (Å²) < 4.78 is 31.6. The molecule has 1 aliphatic heterocycles. The predicted octanol–water partition coefficient (Wildman–Crippen LogP) is -0.0266. The quantitative estimate of drug-likeness (QED) is 0.335. The lowest BCUT2D eigenvalue weighted by Gasteiger charge is -2.10. The number of hydrogen-bond acceptors (Lipinski definition) is 6. The predicted molar refractivity (Wildman–Crippen MR) is 51.8 cm³/mol. The van der Waals surface area contributed by atoms with Gasteiger partial charge in [-0.3, -0.25) is 4.55 Å². The molecule has 8 heteroatoms. The first-order valence-electron chi connectivity index (χ1n) is 3.15. The molecule has 0 radical (unpaired) electrons. The van der Waals surface area contributed by atoms with E-state index < -0.39 is 9.15 Å². The highest BCUT2D eigenvalue weighted by molar-refractivity contribution is 9.01. The molecule has 0 spiro atoms. The Morgan fingerprint density at radius 3 is 1.92 bits per heavy atom. The highest BCUT2D eigenvalue weighted by Crippen LogP contribution is 2.11. The van der Waals surface area contributed by atoms with Gasteiger partial charge >= 0.3 is 9.15 Å². The van der Waals surface area contributed by atoms with Crippen LogP contribution in [-0.2, 0) is 13.9 Å². The Bertz CT molecular complexity index is 177. The molecule has 0 saturated carbocycles. The fourth-order valence-electron chi connectivity index (χ4n) is 0.516. The van der Waals surface area contributed by atoms with E-state index in [1.807, 2.05) is 0 Å². The van der Waals surface area contributed by atoms with Gasteiger partial charge in [0.2, 0.25) is 0 Å². The summed E-state index contributed by atoms with van der Waals surface area (Å²) in [7, 11) is -3.78. The van der Waals surface area contributed by atoms with Gasteiger partial charge in [-0.1, -0.05) is 11.7 Å². The third-order valence-corrected chi connectivity index (χ3v) is 3.39. The zero-order chi connectivity index (χ0) is 9.45. The molecule has 12 heavy (non-hydrogen) atoms. The molecule has 0 bridgehead atoms. The van der Waals surface area contributed by atoms with Crippen molar-refractivity contribution in [1.29, 1.82) is 0 Å². The topological polar surface area (TPSA) is 75.6 Å². The van der Waals surface area contributed by atoms with E-state index in [2.05, 4.69) is 17.0 Å². The molecule has 2 N–H and O–H groups in total. The summed E-state index contributed by atoms with van der Waals surface area (Å²) in [6, 6.07) is 0. The number of ether oxygens (including phenoxy) is 1. The van der Waals surface area contributed by atoms with Crippen molar-refractivity contribution in [3.8, 4) is 0 Å². The third kappa shape index (κ3) is 10.5. The minimum atomic E-state index is -3.88. The largest absolute Gasteiger partial charge is 0.379 e. The Morgan fingerprint density at radius 1 is 1.42 bits per heavy atom. The third-order valence-electron chi connectivity index (χ3n) is 0.941. The lowest BCUT2D eigenvalue weighted by atomic mass is 10.5. The van der Waals surface area contributed by atoms with Crippen LogP contribution in [0.5, 0.6) is 0 Å². The van der Waals surface area contributed by atoms with Crippen molar-refractivity contribution in [2.24, 2.45) is 0 Å². The molecule has 1 fully saturated rings. The Balaban J connectivity index is 0.000000202. The van der Waals surface area contributed by atoms with E-state index in [4.69, 9.17) is 9.29 Å². The highest BCUT2D eigenvalue weighted by atomic mass is 33.5. The van der Waals surface area contributed by atoms with Crippen LogP contribution in [-0.4, -0.2) is 39.3 Å². The molecule has 0 aromatic carbocycles. The number of thiol groups is 1. The van der Waals surface area contributed by atoms with Crippen molar-refractivity contribution in [3.63, 3.8) is 0 Å². The van der Waals surface area contributed by atoms with Crippen LogP contribution in [0.2, 0.25) is 0 Å². The second kappa shape index (κ2) is 6.98. The Labute approximate surface area is 80.2 Å². The van der Waals surface area contributed by atoms with Crippen LogP contribution in [0.3, 0.4) is 0 Å². The second-order valence-electron chi connectivity index (χ2n) is 1.86. The molecule has 5 nitrogen and oxygen atoms in total. The van der Waals surface area contributed by atoms with Crippen LogP contribution in [0.4, 0.5) is 0 Å². The molecule has 1 rings (SSSR count). The van der Waals surface area contributed by atoms with Crippen LogP contribution in [0.15, 0.2) is 0 Å². The van der Waals surface area contributed by atoms with E-state index in [1.54, 1.807) is 0 Å². The maximum atomic E-state index is 9.44. The fourth-order valence-corrected chi connectivity index (χ4v) is 0.516. The Morgan fingerprint density at radius 2 is 1.83 bits per heavy atom. The van der Waals surface area contributed by atoms with Gasteiger partial charge in [0, 0.05) is 13.1 Å². The van der Waals surface area contributed by atoms with E-state index >= 15 is 0 Å². The molecule has 1 aliphatic rings. The van der Waals surface area contributed by atoms with Crippen molar-refractivity contribution >= 4 is 30.6 Å².